The molecule has 16 heavy (non-hydrogen) atoms. The highest BCUT2D eigenvalue weighted by atomic mass is 16.4. The number of oxazole rings is 1. The molecule has 4 nitrogen and oxygen atoms in total. The molecule has 1 saturated carbocycles. The lowest BCUT2D eigenvalue weighted by Crippen LogP contribution is -2.23. The van der Waals surface area contributed by atoms with Gasteiger partial charge in [-0.2, -0.15) is 4.98 Å². The normalized spacial score (nSPS) is 15.4. The minimum absolute atomic E-state index is 0.720. The number of aromatic nitrogens is 1. The molecular weight excluding hydrogens is 202 g/mol. The van der Waals surface area contributed by atoms with Gasteiger partial charge in [0.05, 0.1) is 5.69 Å². The van der Waals surface area contributed by atoms with Crippen LogP contribution in [0.5, 0.6) is 0 Å². The predicted molar refractivity (Wildman–Crippen MR) is 64.5 cm³/mol. The Morgan fingerprint density at radius 2 is 2.31 bits per heavy atom. The van der Waals surface area contributed by atoms with Gasteiger partial charge >= 0.3 is 0 Å². The Morgan fingerprint density at radius 1 is 1.50 bits per heavy atom. The summed E-state index contributed by atoms with van der Waals surface area (Å²) in [5, 5.41) is 3.43. The van der Waals surface area contributed by atoms with Gasteiger partial charge in [0, 0.05) is 25.7 Å². The van der Waals surface area contributed by atoms with Crippen molar-refractivity contribution in [3.05, 3.63) is 12.0 Å². The van der Waals surface area contributed by atoms with E-state index in [-0.39, 0.29) is 0 Å². The van der Waals surface area contributed by atoms with Crippen LogP contribution in [0.1, 0.15) is 38.8 Å². The molecule has 1 N–H and O–H groups in total. The van der Waals surface area contributed by atoms with Crippen molar-refractivity contribution < 1.29 is 4.42 Å². The van der Waals surface area contributed by atoms with Gasteiger partial charge in [0.1, 0.15) is 6.26 Å². The quantitative estimate of drug-likeness (QED) is 0.769. The molecule has 0 amide bonds. The van der Waals surface area contributed by atoms with E-state index in [9.17, 15) is 0 Å². The van der Waals surface area contributed by atoms with Gasteiger partial charge < -0.3 is 14.6 Å². The molecule has 0 radical (unpaired) electrons. The molecule has 0 aliphatic heterocycles. The summed E-state index contributed by atoms with van der Waals surface area (Å²) in [4.78, 5) is 6.66. The largest absolute Gasteiger partial charge is 0.432 e. The van der Waals surface area contributed by atoms with Gasteiger partial charge in [-0.05, 0) is 26.2 Å². The molecular formula is C12H21N3O. The van der Waals surface area contributed by atoms with E-state index in [1.807, 2.05) is 0 Å². The Labute approximate surface area is 97.0 Å². The van der Waals surface area contributed by atoms with E-state index < -0.39 is 0 Å². The average molecular weight is 223 g/mol. The van der Waals surface area contributed by atoms with Crippen LogP contribution in [0.4, 0.5) is 6.01 Å². The molecule has 1 aromatic rings. The monoisotopic (exact) mass is 223 g/mol. The molecule has 1 aliphatic rings. The van der Waals surface area contributed by atoms with E-state index in [2.05, 4.69) is 29.0 Å². The van der Waals surface area contributed by atoms with Crippen LogP contribution in [-0.2, 0) is 6.54 Å². The minimum Gasteiger partial charge on any atom is -0.432 e. The highest BCUT2D eigenvalue weighted by Crippen LogP contribution is 2.20. The highest BCUT2D eigenvalue weighted by molar-refractivity contribution is 5.26. The van der Waals surface area contributed by atoms with E-state index in [1.165, 1.54) is 12.8 Å². The number of hydrogen-bond acceptors (Lipinski definition) is 4. The van der Waals surface area contributed by atoms with Crippen LogP contribution in [0, 0.1) is 0 Å². The lowest BCUT2D eigenvalue weighted by atomic mass is 10.4. The van der Waals surface area contributed by atoms with Gasteiger partial charge in [-0.1, -0.05) is 6.92 Å². The first-order valence-corrected chi connectivity index (χ1v) is 6.26. The minimum atomic E-state index is 0.720. The van der Waals surface area contributed by atoms with Crippen LogP contribution in [-0.4, -0.2) is 24.1 Å². The molecule has 0 bridgehead atoms. The van der Waals surface area contributed by atoms with Gasteiger partial charge in [-0.15, -0.1) is 0 Å². The number of anilines is 1. The summed E-state index contributed by atoms with van der Waals surface area (Å²) in [5.41, 5.74) is 1.01. The van der Waals surface area contributed by atoms with Gasteiger partial charge in [0.25, 0.3) is 6.01 Å². The van der Waals surface area contributed by atoms with Crippen LogP contribution in [0.3, 0.4) is 0 Å². The topological polar surface area (TPSA) is 41.3 Å². The second kappa shape index (κ2) is 5.34. The zero-order chi connectivity index (χ0) is 11.4. The molecule has 0 saturated heterocycles. The molecule has 90 valence electrons. The van der Waals surface area contributed by atoms with E-state index in [1.54, 1.807) is 6.26 Å². The van der Waals surface area contributed by atoms with Crippen molar-refractivity contribution in [3.8, 4) is 0 Å². The van der Waals surface area contributed by atoms with Crippen molar-refractivity contribution in [1.82, 2.24) is 10.3 Å². The van der Waals surface area contributed by atoms with Crippen molar-refractivity contribution in [1.29, 1.82) is 0 Å². The van der Waals surface area contributed by atoms with Crippen molar-refractivity contribution in [3.63, 3.8) is 0 Å². The van der Waals surface area contributed by atoms with Gasteiger partial charge in [-0.3, -0.25) is 0 Å². The van der Waals surface area contributed by atoms with Crippen LogP contribution in [0.2, 0.25) is 0 Å². The molecule has 2 rings (SSSR count). The van der Waals surface area contributed by atoms with Crippen LogP contribution in [0.15, 0.2) is 10.7 Å². The summed E-state index contributed by atoms with van der Waals surface area (Å²) >= 11 is 0. The van der Waals surface area contributed by atoms with Crippen LogP contribution in [0.25, 0.3) is 0 Å². The van der Waals surface area contributed by atoms with Crippen molar-refractivity contribution in [2.45, 2.75) is 45.7 Å². The number of hydrogen-bond donors (Lipinski definition) is 1. The van der Waals surface area contributed by atoms with Crippen molar-refractivity contribution in [2.75, 3.05) is 18.0 Å². The Balaban J connectivity index is 1.88. The molecule has 0 unspecified atom stereocenters. The molecule has 4 heteroatoms. The Hall–Kier alpha value is -1.03. The molecule has 0 aromatic carbocycles. The second-order valence-corrected chi connectivity index (χ2v) is 4.36. The van der Waals surface area contributed by atoms with Gasteiger partial charge in [0.15, 0.2) is 0 Å². The summed E-state index contributed by atoms with van der Waals surface area (Å²) in [6, 6.07) is 1.48. The third kappa shape index (κ3) is 2.98. The zero-order valence-corrected chi connectivity index (χ0v) is 10.2. The van der Waals surface area contributed by atoms with Gasteiger partial charge in [0.2, 0.25) is 0 Å². The second-order valence-electron chi connectivity index (χ2n) is 4.36. The maximum atomic E-state index is 5.50. The Kier molecular flexibility index (Phi) is 3.83. The average Bonchev–Trinajstić information content (AvgIpc) is 3.02. The smallest absolute Gasteiger partial charge is 0.297 e. The molecule has 0 spiro atoms. The summed E-state index contributed by atoms with van der Waals surface area (Å²) in [7, 11) is 0. The first kappa shape index (κ1) is 11.5. The van der Waals surface area contributed by atoms with Crippen LogP contribution < -0.4 is 10.2 Å². The summed E-state index contributed by atoms with van der Waals surface area (Å²) in [6.07, 6.45) is 5.50. The standard InChI is InChI=1S/C12H21N3O/c1-3-7-15(4-2)12-14-11(9-16-12)8-13-10-5-6-10/h9-10,13H,3-8H2,1-2H3. The predicted octanol–water partition coefficient (Wildman–Crippen LogP) is 2.16. The highest BCUT2D eigenvalue weighted by Gasteiger charge is 2.20. The molecule has 1 heterocycles. The lowest BCUT2D eigenvalue weighted by molar-refractivity contribution is 0.533. The summed E-state index contributed by atoms with van der Waals surface area (Å²) in [6.45, 7) is 7.08. The van der Waals surface area contributed by atoms with Crippen molar-refractivity contribution >= 4 is 6.01 Å². The fraction of sp³-hybridized carbons (Fsp3) is 0.750. The number of nitrogens with zero attached hydrogens (tertiary/aromatic N) is 2. The van der Waals surface area contributed by atoms with Crippen LogP contribution >= 0.6 is 0 Å². The van der Waals surface area contributed by atoms with Crippen molar-refractivity contribution in [2.24, 2.45) is 0 Å². The number of rotatable bonds is 7. The fourth-order valence-electron chi connectivity index (χ4n) is 1.72. The molecule has 1 fully saturated rings. The lowest BCUT2D eigenvalue weighted by Gasteiger charge is -2.16. The zero-order valence-electron chi connectivity index (χ0n) is 10.2. The van der Waals surface area contributed by atoms with E-state index >= 15 is 0 Å². The SMILES string of the molecule is CCCN(CC)c1nc(CNC2CC2)co1. The maximum Gasteiger partial charge on any atom is 0.297 e. The fourth-order valence-corrected chi connectivity index (χ4v) is 1.72. The van der Waals surface area contributed by atoms with E-state index in [0.717, 1.165) is 43.8 Å². The molecule has 1 aliphatic carbocycles. The third-order valence-corrected chi connectivity index (χ3v) is 2.83. The summed E-state index contributed by atoms with van der Waals surface area (Å²) in [5.74, 6) is 0. The van der Waals surface area contributed by atoms with Gasteiger partial charge in [-0.25, -0.2) is 0 Å². The third-order valence-electron chi connectivity index (χ3n) is 2.83. The maximum absolute atomic E-state index is 5.50. The van der Waals surface area contributed by atoms with E-state index in [4.69, 9.17) is 4.42 Å². The molecule has 0 atom stereocenters. The summed E-state index contributed by atoms with van der Waals surface area (Å²) < 4.78 is 5.50. The first-order chi connectivity index (χ1) is 7.83. The Bertz CT molecular complexity index is 320. The molecule has 1 aromatic heterocycles. The van der Waals surface area contributed by atoms with E-state index in [0.29, 0.717) is 0 Å². The Morgan fingerprint density at radius 3 is 2.94 bits per heavy atom. The number of nitrogens with one attached hydrogen (secondary N) is 1. The first-order valence-electron chi connectivity index (χ1n) is 6.26.